The van der Waals surface area contributed by atoms with Crippen LogP contribution < -0.4 is 0 Å². The standard InChI is InChI=1S/C22H21N5/c1-25-12-9-20-21(25)16-26(13-17-7-10-23-11-8-17)14-18-15-27(24-22(18)20)19-5-3-2-4-6-19/h2-12,15H,13-14,16H2,1H3. The van der Waals surface area contributed by atoms with Gasteiger partial charge in [-0.25, -0.2) is 4.68 Å². The Morgan fingerprint density at radius 3 is 2.59 bits per heavy atom. The lowest BCUT2D eigenvalue weighted by atomic mass is 10.1. The number of nitrogens with zero attached hydrogens (tertiary/aromatic N) is 5. The molecule has 134 valence electrons. The van der Waals surface area contributed by atoms with E-state index in [4.69, 9.17) is 5.10 Å². The van der Waals surface area contributed by atoms with Crippen molar-refractivity contribution in [1.82, 2.24) is 24.2 Å². The summed E-state index contributed by atoms with van der Waals surface area (Å²) in [5.41, 5.74) is 7.26. The van der Waals surface area contributed by atoms with Crippen molar-refractivity contribution >= 4 is 0 Å². The second-order valence-electron chi connectivity index (χ2n) is 7.07. The Bertz CT molecular complexity index is 1060. The Labute approximate surface area is 158 Å². The quantitative estimate of drug-likeness (QED) is 0.561. The number of aromatic nitrogens is 4. The van der Waals surface area contributed by atoms with Gasteiger partial charge in [-0.2, -0.15) is 5.10 Å². The normalized spacial score (nSPS) is 13.8. The topological polar surface area (TPSA) is 38.9 Å². The molecule has 0 radical (unpaired) electrons. The van der Waals surface area contributed by atoms with Crippen LogP contribution in [0, 0.1) is 0 Å². The fourth-order valence-corrected chi connectivity index (χ4v) is 3.81. The number of pyridine rings is 1. The second-order valence-corrected chi connectivity index (χ2v) is 7.07. The van der Waals surface area contributed by atoms with E-state index in [-0.39, 0.29) is 0 Å². The molecule has 4 heterocycles. The molecule has 1 aromatic carbocycles. The molecule has 5 heteroatoms. The van der Waals surface area contributed by atoms with Crippen molar-refractivity contribution in [3.05, 3.63) is 90.1 Å². The molecule has 0 aliphatic carbocycles. The molecule has 0 unspecified atom stereocenters. The van der Waals surface area contributed by atoms with Crippen molar-refractivity contribution in [2.45, 2.75) is 19.6 Å². The third-order valence-corrected chi connectivity index (χ3v) is 5.19. The van der Waals surface area contributed by atoms with Gasteiger partial charge >= 0.3 is 0 Å². The van der Waals surface area contributed by atoms with Gasteiger partial charge < -0.3 is 4.57 Å². The molecule has 5 rings (SSSR count). The largest absolute Gasteiger partial charge is 0.353 e. The molecule has 5 nitrogen and oxygen atoms in total. The summed E-state index contributed by atoms with van der Waals surface area (Å²) < 4.78 is 4.21. The average molecular weight is 355 g/mol. The van der Waals surface area contributed by atoms with Gasteiger partial charge in [-0.05, 0) is 35.9 Å². The fourth-order valence-electron chi connectivity index (χ4n) is 3.81. The van der Waals surface area contributed by atoms with Gasteiger partial charge in [0.05, 0.1) is 11.4 Å². The summed E-state index contributed by atoms with van der Waals surface area (Å²) in [5, 5.41) is 4.94. The lowest BCUT2D eigenvalue weighted by Gasteiger charge is -2.21. The highest BCUT2D eigenvalue weighted by atomic mass is 15.3. The van der Waals surface area contributed by atoms with Crippen molar-refractivity contribution in [1.29, 1.82) is 0 Å². The zero-order valence-corrected chi connectivity index (χ0v) is 15.3. The van der Waals surface area contributed by atoms with Gasteiger partial charge in [0.1, 0.15) is 0 Å². The molecule has 1 aliphatic heterocycles. The van der Waals surface area contributed by atoms with Gasteiger partial charge in [-0.15, -0.1) is 0 Å². The van der Waals surface area contributed by atoms with Gasteiger partial charge in [0, 0.05) is 68.3 Å². The summed E-state index contributed by atoms with van der Waals surface area (Å²) >= 11 is 0. The van der Waals surface area contributed by atoms with Crippen LogP contribution in [0.4, 0.5) is 0 Å². The number of fused-ring (bicyclic) bond motifs is 3. The van der Waals surface area contributed by atoms with E-state index in [1.807, 2.05) is 35.3 Å². The number of rotatable bonds is 3. The van der Waals surface area contributed by atoms with Gasteiger partial charge in [0.2, 0.25) is 0 Å². The number of hydrogen-bond donors (Lipinski definition) is 0. The first kappa shape index (κ1) is 16.0. The molecule has 27 heavy (non-hydrogen) atoms. The van der Waals surface area contributed by atoms with E-state index in [0.29, 0.717) is 0 Å². The van der Waals surface area contributed by atoms with E-state index in [1.54, 1.807) is 0 Å². The molecule has 0 N–H and O–H groups in total. The van der Waals surface area contributed by atoms with Gasteiger partial charge in [-0.3, -0.25) is 9.88 Å². The van der Waals surface area contributed by atoms with Crippen molar-refractivity contribution in [3.8, 4) is 16.9 Å². The van der Waals surface area contributed by atoms with Crippen LogP contribution in [-0.2, 0) is 26.7 Å². The molecule has 3 aromatic heterocycles. The van der Waals surface area contributed by atoms with E-state index in [0.717, 1.165) is 31.0 Å². The lowest BCUT2D eigenvalue weighted by Crippen LogP contribution is -2.22. The van der Waals surface area contributed by atoms with E-state index in [2.05, 4.69) is 64.2 Å². The van der Waals surface area contributed by atoms with E-state index in [1.165, 1.54) is 22.4 Å². The number of para-hydroxylation sites is 1. The first-order valence-electron chi connectivity index (χ1n) is 9.18. The Morgan fingerprint density at radius 2 is 1.78 bits per heavy atom. The molecule has 0 spiro atoms. The average Bonchev–Trinajstić information content (AvgIpc) is 3.24. The Balaban J connectivity index is 1.57. The van der Waals surface area contributed by atoms with Gasteiger partial charge in [0.15, 0.2) is 0 Å². The van der Waals surface area contributed by atoms with Crippen LogP contribution in [-0.4, -0.2) is 24.2 Å². The minimum absolute atomic E-state index is 0.874. The van der Waals surface area contributed by atoms with Crippen molar-refractivity contribution in [3.63, 3.8) is 0 Å². The van der Waals surface area contributed by atoms with Crippen LogP contribution in [0.5, 0.6) is 0 Å². The molecule has 0 bridgehead atoms. The molecule has 0 atom stereocenters. The van der Waals surface area contributed by atoms with E-state index >= 15 is 0 Å². The highest BCUT2D eigenvalue weighted by Crippen LogP contribution is 2.33. The molecule has 4 aromatic rings. The van der Waals surface area contributed by atoms with Gasteiger partial charge in [0.25, 0.3) is 0 Å². The van der Waals surface area contributed by atoms with Crippen LogP contribution in [0.3, 0.4) is 0 Å². The highest BCUT2D eigenvalue weighted by Gasteiger charge is 2.24. The smallest absolute Gasteiger partial charge is 0.0991 e. The van der Waals surface area contributed by atoms with Gasteiger partial charge in [-0.1, -0.05) is 18.2 Å². The van der Waals surface area contributed by atoms with Crippen LogP contribution in [0.25, 0.3) is 16.9 Å². The zero-order chi connectivity index (χ0) is 18.2. The van der Waals surface area contributed by atoms with E-state index in [9.17, 15) is 0 Å². The van der Waals surface area contributed by atoms with Crippen LogP contribution in [0.2, 0.25) is 0 Å². The second kappa shape index (κ2) is 6.52. The Kier molecular flexibility index (Phi) is 3.87. The van der Waals surface area contributed by atoms with Crippen LogP contribution in [0.1, 0.15) is 16.8 Å². The summed E-state index contributed by atoms with van der Waals surface area (Å²) in [6.07, 6.45) is 8.03. The lowest BCUT2D eigenvalue weighted by molar-refractivity contribution is 0.245. The number of aryl methyl sites for hydroxylation is 1. The summed E-state index contributed by atoms with van der Waals surface area (Å²) in [7, 11) is 2.11. The third-order valence-electron chi connectivity index (χ3n) is 5.19. The number of hydrogen-bond acceptors (Lipinski definition) is 3. The summed E-state index contributed by atoms with van der Waals surface area (Å²) in [6.45, 7) is 2.67. The molecule has 0 amide bonds. The third kappa shape index (κ3) is 2.96. The highest BCUT2D eigenvalue weighted by molar-refractivity contribution is 5.67. The predicted molar refractivity (Wildman–Crippen MR) is 105 cm³/mol. The summed E-state index contributed by atoms with van der Waals surface area (Å²) in [4.78, 5) is 6.60. The predicted octanol–water partition coefficient (Wildman–Crippen LogP) is 3.79. The molecule has 0 fully saturated rings. The molecule has 1 aliphatic rings. The fraction of sp³-hybridized carbons (Fsp3) is 0.182. The first-order chi connectivity index (χ1) is 13.3. The minimum atomic E-state index is 0.874. The maximum atomic E-state index is 4.94. The van der Waals surface area contributed by atoms with E-state index < -0.39 is 0 Å². The SMILES string of the molecule is Cn1ccc2c1CN(Cc1ccncc1)Cc1cn(-c3ccccc3)nc1-2. The van der Waals surface area contributed by atoms with Crippen LogP contribution in [0.15, 0.2) is 73.3 Å². The maximum absolute atomic E-state index is 4.94. The summed E-state index contributed by atoms with van der Waals surface area (Å²) in [6, 6.07) is 16.7. The van der Waals surface area contributed by atoms with Crippen molar-refractivity contribution in [2.75, 3.05) is 0 Å². The van der Waals surface area contributed by atoms with Crippen molar-refractivity contribution < 1.29 is 0 Å². The summed E-state index contributed by atoms with van der Waals surface area (Å²) in [5.74, 6) is 0. The Hall–Kier alpha value is -3.18. The first-order valence-corrected chi connectivity index (χ1v) is 9.18. The molecule has 0 saturated heterocycles. The molecular weight excluding hydrogens is 334 g/mol. The van der Waals surface area contributed by atoms with Crippen molar-refractivity contribution in [2.24, 2.45) is 7.05 Å². The van der Waals surface area contributed by atoms with Crippen LogP contribution >= 0.6 is 0 Å². The Morgan fingerprint density at radius 1 is 0.963 bits per heavy atom. The maximum Gasteiger partial charge on any atom is 0.0991 e. The minimum Gasteiger partial charge on any atom is -0.353 e. The number of benzene rings is 1. The molecule has 0 saturated carbocycles. The zero-order valence-electron chi connectivity index (χ0n) is 15.3. The monoisotopic (exact) mass is 355 g/mol. The molecular formula is C22H21N5.